The molecule has 1 aromatic carbocycles. The number of rotatable bonds is 7. The minimum Gasteiger partial charge on any atom is -0.352 e. The van der Waals surface area contributed by atoms with Gasteiger partial charge in [0.15, 0.2) is 0 Å². The molecule has 0 atom stereocenters. The maximum atomic E-state index is 12.0. The Hall–Kier alpha value is -2.14. The Morgan fingerprint density at radius 1 is 1.25 bits per heavy atom. The lowest BCUT2D eigenvalue weighted by atomic mass is 10.0. The fraction of sp³-hybridized carbons (Fsp3) is 0.474. The van der Waals surface area contributed by atoms with Gasteiger partial charge in [-0.3, -0.25) is 9.48 Å². The van der Waals surface area contributed by atoms with Crippen LogP contribution in [0.25, 0.3) is 0 Å². The first-order chi connectivity index (χ1) is 11.4. The summed E-state index contributed by atoms with van der Waals surface area (Å²) in [6.07, 6.45) is 1.63. The summed E-state index contributed by atoms with van der Waals surface area (Å²) in [4.78, 5) is 12.0. The average molecular weight is 328 g/mol. The molecule has 0 radical (unpaired) electrons. The minimum absolute atomic E-state index is 0.0463. The van der Waals surface area contributed by atoms with E-state index >= 15 is 0 Å². The first-order valence-electron chi connectivity index (χ1n) is 8.55. The largest absolute Gasteiger partial charge is 0.352 e. The summed E-state index contributed by atoms with van der Waals surface area (Å²) in [5, 5.41) is 7.51. The summed E-state index contributed by atoms with van der Waals surface area (Å²) in [5.74, 6) is -0.0463. The highest BCUT2D eigenvalue weighted by Crippen LogP contribution is 2.20. The minimum atomic E-state index is -0.0463. The third-order valence-electron chi connectivity index (χ3n) is 4.23. The second-order valence-electron chi connectivity index (χ2n) is 6.46. The molecule has 0 bridgehead atoms. The molecule has 2 rings (SSSR count). The second kappa shape index (κ2) is 8.11. The molecule has 1 heterocycles. The summed E-state index contributed by atoms with van der Waals surface area (Å²) in [6.45, 7) is 9.66. The molecule has 0 aliphatic carbocycles. The molecule has 1 aromatic heterocycles. The Balaban J connectivity index is 2.08. The Bertz CT molecular complexity index is 686. The van der Waals surface area contributed by atoms with Crippen LogP contribution in [-0.4, -0.2) is 28.8 Å². The fourth-order valence-corrected chi connectivity index (χ4v) is 2.84. The van der Waals surface area contributed by atoms with Crippen molar-refractivity contribution in [2.24, 2.45) is 5.73 Å². The molecule has 5 heteroatoms. The van der Waals surface area contributed by atoms with Crippen LogP contribution in [0.1, 0.15) is 59.2 Å². The third kappa shape index (κ3) is 4.23. The number of hydrogen-bond acceptors (Lipinski definition) is 3. The monoisotopic (exact) mass is 328 g/mol. The molecular weight excluding hydrogens is 300 g/mol. The molecule has 1 amide bonds. The van der Waals surface area contributed by atoms with Crippen LogP contribution in [-0.2, 0) is 6.42 Å². The molecule has 0 fully saturated rings. The van der Waals surface area contributed by atoms with Crippen molar-refractivity contribution in [1.82, 2.24) is 15.1 Å². The van der Waals surface area contributed by atoms with Crippen LogP contribution >= 0.6 is 0 Å². The van der Waals surface area contributed by atoms with Crippen molar-refractivity contribution in [3.05, 3.63) is 52.3 Å². The number of benzene rings is 1. The SMILES string of the molecule is Cc1nn(C(C)C)c(C)c1Cc1ccc(C(=O)NCCCN)cc1. The molecule has 0 aliphatic heterocycles. The molecule has 0 saturated heterocycles. The van der Waals surface area contributed by atoms with Gasteiger partial charge < -0.3 is 11.1 Å². The van der Waals surface area contributed by atoms with Crippen molar-refractivity contribution in [2.75, 3.05) is 13.1 Å². The quantitative estimate of drug-likeness (QED) is 0.768. The molecule has 130 valence electrons. The van der Waals surface area contributed by atoms with Crippen LogP contribution in [0.5, 0.6) is 0 Å². The molecule has 0 spiro atoms. The van der Waals surface area contributed by atoms with E-state index in [-0.39, 0.29) is 5.91 Å². The maximum absolute atomic E-state index is 12.0. The van der Waals surface area contributed by atoms with Crippen molar-refractivity contribution in [2.45, 2.75) is 46.6 Å². The predicted octanol–water partition coefficient (Wildman–Crippen LogP) is 2.75. The highest BCUT2D eigenvalue weighted by Gasteiger charge is 2.14. The lowest BCUT2D eigenvalue weighted by molar-refractivity contribution is 0.0953. The van der Waals surface area contributed by atoms with Crippen molar-refractivity contribution in [1.29, 1.82) is 0 Å². The van der Waals surface area contributed by atoms with Crippen molar-refractivity contribution < 1.29 is 4.79 Å². The number of nitrogens with zero attached hydrogens (tertiary/aromatic N) is 2. The van der Waals surface area contributed by atoms with Crippen LogP contribution in [0.3, 0.4) is 0 Å². The van der Waals surface area contributed by atoms with Crippen LogP contribution in [0.15, 0.2) is 24.3 Å². The van der Waals surface area contributed by atoms with Crippen LogP contribution < -0.4 is 11.1 Å². The summed E-state index contributed by atoms with van der Waals surface area (Å²) in [6, 6.07) is 8.15. The normalized spacial score (nSPS) is 11.1. The maximum Gasteiger partial charge on any atom is 0.251 e. The van der Waals surface area contributed by atoms with Crippen molar-refractivity contribution in [3.63, 3.8) is 0 Å². The van der Waals surface area contributed by atoms with E-state index in [1.54, 1.807) is 0 Å². The number of carbonyl (C=O) groups excluding carboxylic acids is 1. The predicted molar refractivity (Wildman–Crippen MR) is 97.3 cm³/mol. The number of hydrogen-bond donors (Lipinski definition) is 2. The van der Waals surface area contributed by atoms with Gasteiger partial charge in [-0.25, -0.2) is 0 Å². The fourth-order valence-electron chi connectivity index (χ4n) is 2.84. The molecule has 3 N–H and O–H groups in total. The van der Waals surface area contributed by atoms with E-state index in [0.717, 1.165) is 18.5 Å². The Kier molecular flexibility index (Phi) is 6.15. The van der Waals surface area contributed by atoms with E-state index in [1.807, 2.05) is 24.3 Å². The molecule has 0 unspecified atom stereocenters. The molecular formula is C19H28N4O. The van der Waals surface area contributed by atoms with Gasteiger partial charge in [0.05, 0.1) is 5.69 Å². The van der Waals surface area contributed by atoms with Gasteiger partial charge in [-0.2, -0.15) is 5.10 Å². The van der Waals surface area contributed by atoms with Gasteiger partial charge in [-0.1, -0.05) is 12.1 Å². The highest BCUT2D eigenvalue weighted by molar-refractivity contribution is 5.94. The summed E-state index contributed by atoms with van der Waals surface area (Å²) in [7, 11) is 0. The van der Waals surface area contributed by atoms with Gasteiger partial charge in [0.2, 0.25) is 0 Å². The van der Waals surface area contributed by atoms with E-state index in [0.29, 0.717) is 24.7 Å². The number of aromatic nitrogens is 2. The summed E-state index contributed by atoms with van der Waals surface area (Å²) < 4.78 is 2.07. The smallest absolute Gasteiger partial charge is 0.251 e. The van der Waals surface area contributed by atoms with E-state index in [9.17, 15) is 4.79 Å². The van der Waals surface area contributed by atoms with E-state index in [4.69, 9.17) is 5.73 Å². The number of nitrogens with one attached hydrogen (secondary N) is 1. The highest BCUT2D eigenvalue weighted by atomic mass is 16.1. The number of carbonyl (C=O) groups is 1. The molecule has 0 saturated carbocycles. The first kappa shape index (κ1) is 18.2. The Morgan fingerprint density at radius 3 is 2.46 bits per heavy atom. The summed E-state index contributed by atoms with van der Waals surface area (Å²) >= 11 is 0. The van der Waals surface area contributed by atoms with E-state index < -0.39 is 0 Å². The van der Waals surface area contributed by atoms with Crippen LogP contribution in [0.4, 0.5) is 0 Å². The average Bonchev–Trinajstić information content (AvgIpc) is 2.84. The number of aryl methyl sites for hydroxylation is 1. The second-order valence-corrected chi connectivity index (χ2v) is 6.46. The Labute approximate surface area is 144 Å². The van der Waals surface area contributed by atoms with Gasteiger partial charge in [-0.05, 0) is 58.4 Å². The van der Waals surface area contributed by atoms with Crippen molar-refractivity contribution >= 4 is 5.91 Å². The lowest BCUT2D eigenvalue weighted by Crippen LogP contribution is -2.25. The standard InChI is InChI=1S/C19H28N4O/c1-13(2)23-15(4)18(14(3)22-23)12-16-6-8-17(9-7-16)19(24)21-11-5-10-20/h6-9,13H,5,10-12,20H2,1-4H3,(H,21,24). The van der Waals surface area contributed by atoms with Gasteiger partial charge in [0, 0.05) is 35.8 Å². The zero-order valence-corrected chi connectivity index (χ0v) is 15.1. The zero-order chi connectivity index (χ0) is 17.7. The number of nitrogens with two attached hydrogens (primary N) is 1. The van der Waals surface area contributed by atoms with Gasteiger partial charge in [-0.15, -0.1) is 0 Å². The third-order valence-corrected chi connectivity index (χ3v) is 4.23. The topological polar surface area (TPSA) is 72.9 Å². The van der Waals surface area contributed by atoms with Crippen molar-refractivity contribution in [3.8, 4) is 0 Å². The molecule has 5 nitrogen and oxygen atoms in total. The molecule has 2 aromatic rings. The van der Waals surface area contributed by atoms with Gasteiger partial charge in [0.25, 0.3) is 5.91 Å². The Morgan fingerprint density at radius 2 is 1.92 bits per heavy atom. The number of amides is 1. The van der Waals surface area contributed by atoms with E-state index in [2.05, 4.69) is 42.8 Å². The molecule has 24 heavy (non-hydrogen) atoms. The lowest BCUT2D eigenvalue weighted by Gasteiger charge is -2.09. The molecule has 0 aliphatic rings. The first-order valence-corrected chi connectivity index (χ1v) is 8.55. The summed E-state index contributed by atoms with van der Waals surface area (Å²) in [5.41, 5.74) is 10.9. The van der Waals surface area contributed by atoms with Crippen LogP contribution in [0.2, 0.25) is 0 Å². The zero-order valence-electron chi connectivity index (χ0n) is 15.1. The van der Waals surface area contributed by atoms with Gasteiger partial charge >= 0.3 is 0 Å². The van der Waals surface area contributed by atoms with Gasteiger partial charge in [0.1, 0.15) is 0 Å². The van der Waals surface area contributed by atoms with Crippen LogP contribution in [0, 0.1) is 13.8 Å². The van der Waals surface area contributed by atoms with E-state index in [1.165, 1.54) is 16.8 Å².